The van der Waals surface area contributed by atoms with Gasteiger partial charge in [0.05, 0.1) is 0 Å². The van der Waals surface area contributed by atoms with Crippen LogP contribution in [0.4, 0.5) is 0 Å². The van der Waals surface area contributed by atoms with Crippen molar-refractivity contribution in [1.82, 2.24) is 10.2 Å². The second-order valence-corrected chi connectivity index (χ2v) is 9.30. The summed E-state index contributed by atoms with van der Waals surface area (Å²) in [6.07, 6.45) is 6.90. The molecule has 4 unspecified atom stereocenters. The number of nitrogens with zero attached hydrogens (tertiary/aromatic N) is 1. The summed E-state index contributed by atoms with van der Waals surface area (Å²) < 4.78 is 0. The Morgan fingerprint density at radius 3 is 2.20 bits per heavy atom. The molecule has 1 aliphatic heterocycles. The first-order chi connectivity index (χ1) is 9.18. The third-order valence-electron chi connectivity index (χ3n) is 5.09. The zero-order chi connectivity index (χ0) is 15.0. The van der Waals surface area contributed by atoms with Crippen LogP contribution in [-0.4, -0.2) is 36.1 Å². The molecule has 4 atom stereocenters. The second kappa shape index (κ2) is 5.96. The Hall–Kier alpha value is -0.0800. The zero-order valence-electron chi connectivity index (χ0n) is 14.6. The highest BCUT2D eigenvalue weighted by molar-refractivity contribution is 5.04. The van der Waals surface area contributed by atoms with Crippen LogP contribution in [0.25, 0.3) is 0 Å². The van der Waals surface area contributed by atoms with Gasteiger partial charge in [-0.25, -0.2) is 0 Å². The Balaban J connectivity index is 1.84. The van der Waals surface area contributed by atoms with Crippen LogP contribution in [0.1, 0.15) is 73.6 Å². The van der Waals surface area contributed by atoms with Crippen LogP contribution in [0.3, 0.4) is 0 Å². The van der Waals surface area contributed by atoms with Crippen molar-refractivity contribution in [1.29, 1.82) is 0 Å². The molecule has 20 heavy (non-hydrogen) atoms. The largest absolute Gasteiger partial charge is 0.312 e. The van der Waals surface area contributed by atoms with E-state index in [1.54, 1.807) is 0 Å². The predicted octanol–water partition coefficient (Wildman–Crippen LogP) is 4.05. The Labute approximate surface area is 126 Å². The van der Waals surface area contributed by atoms with E-state index in [1.807, 2.05) is 0 Å². The van der Waals surface area contributed by atoms with Crippen LogP contribution in [0, 0.1) is 10.8 Å². The average molecular weight is 280 g/mol. The summed E-state index contributed by atoms with van der Waals surface area (Å²) in [6.45, 7) is 16.7. The van der Waals surface area contributed by atoms with Gasteiger partial charge in [-0.05, 0) is 36.6 Å². The van der Waals surface area contributed by atoms with E-state index in [4.69, 9.17) is 0 Å². The zero-order valence-corrected chi connectivity index (χ0v) is 14.6. The maximum absolute atomic E-state index is 3.88. The lowest BCUT2D eigenvalue weighted by atomic mass is 9.87. The molecule has 0 amide bonds. The van der Waals surface area contributed by atoms with Gasteiger partial charge in [0.25, 0.3) is 0 Å². The molecule has 2 rings (SSSR count). The summed E-state index contributed by atoms with van der Waals surface area (Å²) in [4.78, 5) is 2.77. The minimum atomic E-state index is 0.449. The molecule has 2 heteroatoms. The highest BCUT2D eigenvalue weighted by atomic mass is 15.4. The van der Waals surface area contributed by atoms with E-state index in [2.05, 4.69) is 51.8 Å². The van der Waals surface area contributed by atoms with Crippen LogP contribution in [0.5, 0.6) is 0 Å². The molecule has 1 heterocycles. The lowest BCUT2D eigenvalue weighted by Gasteiger charge is -2.35. The molecule has 2 fully saturated rings. The fourth-order valence-electron chi connectivity index (χ4n) is 3.67. The lowest BCUT2D eigenvalue weighted by Crippen LogP contribution is -2.48. The minimum Gasteiger partial charge on any atom is -0.312 e. The molecule has 118 valence electrons. The van der Waals surface area contributed by atoms with Crippen LogP contribution < -0.4 is 5.32 Å². The molecular weight excluding hydrogens is 244 g/mol. The van der Waals surface area contributed by atoms with Crippen molar-refractivity contribution in [3.05, 3.63) is 0 Å². The summed E-state index contributed by atoms with van der Waals surface area (Å²) in [5.41, 5.74) is 0.901. The van der Waals surface area contributed by atoms with Crippen molar-refractivity contribution in [2.45, 2.75) is 91.8 Å². The minimum absolute atomic E-state index is 0.449. The molecule has 0 aromatic carbocycles. The third-order valence-corrected chi connectivity index (χ3v) is 5.09. The van der Waals surface area contributed by atoms with Gasteiger partial charge in [-0.2, -0.15) is 0 Å². The topological polar surface area (TPSA) is 15.0 Å². The SMILES string of the molecule is CC(C)(C)CCNC1CCCCC1N1CC1C(C)(C)C. The fourth-order valence-corrected chi connectivity index (χ4v) is 3.67. The Morgan fingerprint density at radius 1 is 1.00 bits per heavy atom. The van der Waals surface area contributed by atoms with Crippen molar-refractivity contribution in [3.8, 4) is 0 Å². The van der Waals surface area contributed by atoms with E-state index in [0.717, 1.165) is 18.1 Å². The standard InChI is InChI=1S/C18H36N2/c1-17(2,3)11-12-19-14-9-7-8-10-15(14)20-13-16(20)18(4,5)6/h14-16,19H,7-13H2,1-6H3. The molecular formula is C18H36N2. The average Bonchev–Trinajstić information content (AvgIpc) is 3.07. The summed E-state index contributed by atoms with van der Waals surface area (Å²) in [7, 11) is 0. The van der Waals surface area contributed by atoms with Crippen LogP contribution in [0.15, 0.2) is 0 Å². The van der Waals surface area contributed by atoms with Crippen molar-refractivity contribution < 1.29 is 0 Å². The summed E-state index contributed by atoms with van der Waals surface area (Å²) in [5, 5.41) is 3.88. The highest BCUT2D eigenvalue weighted by Gasteiger charge is 2.48. The second-order valence-electron chi connectivity index (χ2n) is 9.30. The normalized spacial score (nSPS) is 35.1. The summed E-state index contributed by atoms with van der Waals surface area (Å²) in [5.74, 6) is 0. The van der Waals surface area contributed by atoms with Crippen LogP contribution >= 0.6 is 0 Å². The van der Waals surface area contributed by atoms with Gasteiger partial charge in [0.1, 0.15) is 0 Å². The summed E-state index contributed by atoms with van der Waals surface area (Å²) >= 11 is 0. The molecule has 1 saturated carbocycles. The van der Waals surface area contributed by atoms with Gasteiger partial charge < -0.3 is 5.32 Å². The summed E-state index contributed by atoms with van der Waals surface area (Å²) in [6, 6.07) is 2.35. The van der Waals surface area contributed by atoms with Gasteiger partial charge in [-0.1, -0.05) is 54.4 Å². The van der Waals surface area contributed by atoms with Crippen molar-refractivity contribution in [2.75, 3.05) is 13.1 Å². The fraction of sp³-hybridized carbons (Fsp3) is 1.00. The first kappa shape index (κ1) is 16.3. The van der Waals surface area contributed by atoms with Gasteiger partial charge in [0.2, 0.25) is 0 Å². The van der Waals surface area contributed by atoms with E-state index in [0.29, 0.717) is 10.8 Å². The van der Waals surface area contributed by atoms with Gasteiger partial charge in [-0.3, -0.25) is 4.90 Å². The molecule has 2 aliphatic rings. The number of hydrogen-bond acceptors (Lipinski definition) is 2. The van der Waals surface area contributed by atoms with E-state index in [1.165, 1.54) is 45.2 Å². The van der Waals surface area contributed by atoms with Crippen LogP contribution in [-0.2, 0) is 0 Å². The van der Waals surface area contributed by atoms with E-state index >= 15 is 0 Å². The van der Waals surface area contributed by atoms with E-state index in [9.17, 15) is 0 Å². The molecule has 1 N–H and O–H groups in total. The Bertz CT molecular complexity index is 310. The maximum Gasteiger partial charge on any atom is 0.0276 e. The first-order valence-electron chi connectivity index (χ1n) is 8.68. The quantitative estimate of drug-likeness (QED) is 0.781. The van der Waals surface area contributed by atoms with E-state index in [-0.39, 0.29) is 0 Å². The van der Waals surface area contributed by atoms with Gasteiger partial charge in [0, 0.05) is 24.7 Å². The van der Waals surface area contributed by atoms with E-state index < -0.39 is 0 Å². The Morgan fingerprint density at radius 2 is 1.65 bits per heavy atom. The van der Waals surface area contributed by atoms with Crippen molar-refractivity contribution in [3.63, 3.8) is 0 Å². The molecule has 0 radical (unpaired) electrons. The molecule has 0 aromatic rings. The van der Waals surface area contributed by atoms with Crippen molar-refractivity contribution >= 4 is 0 Å². The third kappa shape index (κ3) is 4.46. The smallest absolute Gasteiger partial charge is 0.0276 e. The Kier molecular flexibility index (Phi) is 4.86. The number of nitrogens with one attached hydrogen (secondary N) is 1. The molecule has 1 saturated heterocycles. The maximum atomic E-state index is 3.88. The monoisotopic (exact) mass is 280 g/mol. The number of hydrogen-bond donors (Lipinski definition) is 1. The first-order valence-corrected chi connectivity index (χ1v) is 8.68. The number of rotatable bonds is 4. The van der Waals surface area contributed by atoms with Gasteiger partial charge >= 0.3 is 0 Å². The predicted molar refractivity (Wildman–Crippen MR) is 88.1 cm³/mol. The molecule has 0 aromatic heterocycles. The molecule has 2 nitrogen and oxygen atoms in total. The van der Waals surface area contributed by atoms with Crippen molar-refractivity contribution in [2.24, 2.45) is 10.8 Å². The molecule has 1 aliphatic carbocycles. The highest BCUT2D eigenvalue weighted by Crippen LogP contribution is 2.40. The van der Waals surface area contributed by atoms with Gasteiger partial charge in [0.15, 0.2) is 0 Å². The van der Waals surface area contributed by atoms with Gasteiger partial charge in [-0.15, -0.1) is 0 Å². The van der Waals surface area contributed by atoms with Crippen LogP contribution in [0.2, 0.25) is 0 Å². The lowest BCUT2D eigenvalue weighted by molar-refractivity contribution is 0.186. The molecule has 0 spiro atoms. The molecule has 0 bridgehead atoms.